The zero-order chi connectivity index (χ0) is 32.7. The van der Waals surface area contributed by atoms with Gasteiger partial charge in [0.1, 0.15) is 18.3 Å². The molecule has 0 heterocycles. The Labute approximate surface area is 268 Å². The second-order valence-corrected chi connectivity index (χ2v) is 13.4. The van der Waals surface area contributed by atoms with Gasteiger partial charge in [0.25, 0.3) is 15.7 Å². The van der Waals surface area contributed by atoms with E-state index < -0.39 is 33.4 Å². The molecule has 1 atom stereocenters. The second-order valence-electron chi connectivity index (χ2n) is 11.1. The van der Waals surface area contributed by atoms with E-state index in [4.69, 9.17) is 16.3 Å². The molecule has 0 aromatic heterocycles. The van der Waals surface area contributed by atoms with Crippen LogP contribution in [0, 0.1) is 17.0 Å². The Bertz CT molecular complexity index is 1630. The Hall–Kier alpha value is -4.16. The lowest BCUT2D eigenvalue weighted by molar-refractivity contribution is -0.385. The van der Waals surface area contributed by atoms with E-state index in [0.717, 1.165) is 42.5 Å². The first-order valence-electron chi connectivity index (χ1n) is 14.7. The molecule has 3 aromatic rings. The van der Waals surface area contributed by atoms with Crippen LogP contribution < -0.4 is 14.4 Å². The Morgan fingerprint density at radius 1 is 1.04 bits per heavy atom. The fraction of sp³-hybridized carbons (Fsp3) is 0.375. The van der Waals surface area contributed by atoms with E-state index in [1.807, 2.05) is 0 Å². The number of hydrogen-bond acceptors (Lipinski definition) is 7. The number of hydrogen-bond donors (Lipinski definition) is 1. The van der Waals surface area contributed by atoms with Crippen LogP contribution in [0.2, 0.25) is 5.02 Å². The summed E-state index contributed by atoms with van der Waals surface area (Å²) in [6.45, 7) is 2.46. The number of halogens is 1. The number of carbonyl (C=O) groups is 2. The molecule has 0 spiro atoms. The number of rotatable bonds is 12. The van der Waals surface area contributed by atoms with Gasteiger partial charge < -0.3 is 15.0 Å². The number of amides is 2. The highest BCUT2D eigenvalue weighted by Crippen LogP contribution is 2.30. The standard InChI is InChI=1S/C32H37ClN4O7S/c1-22-9-18-29(19-30(22)37(40)41)45(42,43)36(27-14-16-28(44-3)17-15-27)21-31(38)35(20-24-10-12-25(33)13-11-24)23(2)32(39)34-26-7-5-4-6-8-26/h9-19,23,26H,4-8,20-21H2,1-3H3,(H,34,39)/t23-/m1/s1. The molecule has 0 saturated heterocycles. The van der Waals surface area contributed by atoms with Crippen molar-refractivity contribution in [1.29, 1.82) is 0 Å². The van der Waals surface area contributed by atoms with E-state index in [0.29, 0.717) is 16.3 Å². The summed E-state index contributed by atoms with van der Waals surface area (Å²) in [7, 11) is -3.03. The fourth-order valence-electron chi connectivity index (χ4n) is 5.29. The smallest absolute Gasteiger partial charge is 0.273 e. The first-order chi connectivity index (χ1) is 21.4. The van der Waals surface area contributed by atoms with Gasteiger partial charge in [-0.25, -0.2) is 8.42 Å². The molecule has 4 rings (SSSR count). The average molecular weight is 657 g/mol. The number of nitrogens with one attached hydrogen (secondary N) is 1. The topological polar surface area (TPSA) is 139 Å². The second kappa shape index (κ2) is 14.7. The molecule has 3 aromatic carbocycles. The average Bonchev–Trinajstić information content (AvgIpc) is 3.03. The van der Waals surface area contributed by atoms with E-state index in [2.05, 4.69) is 5.32 Å². The first-order valence-corrected chi connectivity index (χ1v) is 16.5. The largest absolute Gasteiger partial charge is 0.497 e. The van der Waals surface area contributed by atoms with Crippen molar-refractivity contribution in [2.45, 2.75) is 69.5 Å². The lowest BCUT2D eigenvalue weighted by atomic mass is 9.95. The number of nitrogens with zero attached hydrogens (tertiary/aromatic N) is 3. The van der Waals surface area contributed by atoms with Gasteiger partial charge in [-0.2, -0.15) is 0 Å². The maximum Gasteiger partial charge on any atom is 0.273 e. The number of ether oxygens (including phenoxy) is 1. The van der Waals surface area contributed by atoms with Crippen LogP contribution in [0.3, 0.4) is 0 Å². The van der Waals surface area contributed by atoms with Crippen molar-refractivity contribution in [3.05, 3.63) is 93.0 Å². The van der Waals surface area contributed by atoms with Gasteiger partial charge in [-0.05, 0) is 74.7 Å². The molecule has 0 unspecified atom stereocenters. The summed E-state index contributed by atoms with van der Waals surface area (Å²) in [5.74, 6) is -0.514. The minimum Gasteiger partial charge on any atom is -0.497 e. The summed E-state index contributed by atoms with van der Waals surface area (Å²) in [4.78, 5) is 39.6. The summed E-state index contributed by atoms with van der Waals surface area (Å²) in [6, 6.07) is 15.5. The highest BCUT2D eigenvalue weighted by Gasteiger charge is 2.34. The Morgan fingerprint density at radius 3 is 2.29 bits per heavy atom. The molecule has 0 radical (unpaired) electrons. The van der Waals surface area contributed by atoms with E-state index >= 15 is 0 Å². The molecule has 1 aliphatic carbocycles. The van der Waals surface area contributed by atoms with E-state index in [1.165, 1.54) is 43.2 Å². The van der Waals surface area contributed by atoms with Crippen LogP contribution in [0.25, 0.3) is 0 Å². The summed E-state index contributed by atoms with van der Waals surface area (Å²) in [5, 5.41) is 15.2. The lowest BCUT2D eigenvalue weighted by Gasteiger charge is -2.33. The molecule has 13 heteroatoms. The van der Waals surface area contributed by atoms with Gasteiger partial charge in [0.15, 0.2) is 0 Å². The Balaban J connectivity index is 1.72. The summed E-state index contributed by atoms with van der Waals surface area (Å²) < 4.78 is 34.3. The predicted octanol–water partition coefficient (Wildman–Crippen LogP) is 5.63. The highest BCUT2D eigenvalue weighted by molar-refractivity contribution is 7.92. The Morgan fingerprint density at radius 2 is 1.69 bits per heavy atom. The SMILES string of the molecule is COc1ccc(N(CC(=O)N(Cc2ccc(Cl)cc2)[C@H](C)C(=O)NC2CCCCC2)S(=O)(=O)c2ccc(C)c([N+](=O)[O-])c2)cc1. The predicted molar refractivity (Wildman–Crippen MR) is 172 cm³/mol. The number of methoxy groups -OCH3 is 1. The third kappa shape index (κ3) is 8.31. The highest BCUT2D eigenvalue weighted by atomic mass is 35.5. The van der Waals surface area contributed by atoms with Crippen LogP contribution in [-0.4, -0.2) is 55.8 Å². The molecule has 0 aliphatic heterocycles. The quantitative estimate of drug-likeness (QED) is 0.197. The van der Waals surface area contributed by atoms with Gasteiger partial charge >= 0.3 is 0 Å². The van der Waals surface area contributed by atoms with Crippen molar-refractivity contribution in [3.63, 3.8) is 0 Å². The minimum atomic E-state index is -4.50. The monoisotopic (exact) mass is 656 g/mol. The number of nitro benzene ring substituents is 1. The molecule has 45 heavy (non-hydrogen) atoms. The van der Waals surface area contributed by atoms with Crippen LogP contribution in [0.4, 0.5) is 11.4 Å². The number of nitro groups is 1. The van der Waals surface area contributed by atoms with Crippen molar-refractivity contribution in [3.8, 4) is 5.75 Å². The van der Waals surface area contributed by atoms with Crippen molar-refractivity contribution in [1.82, 2.24) is 10.2 Å². The van der Waals surface area contributed by atoms with Crippen molar-refractivity contribution < 1.29 is 27.7 Å². The van der Waals surface area contributed by atoms with Crippen molar-refractivity contribution in [2.24, 2.45) is 0 Å². The van der Waals surface area contributed by atoms with Gasteiger partial charge in [-0.3, -0.25) is 24.0 Å². The third-order valence-electron chi connectivity index (χ3n) is 7.99. The Kier molecular flexibility index (Phi) is 11.1. The van der Waals surface area contributed by atoms with Crippen LogP contribution in [0.15, 0.2) is 71.6 Å². The molecule has 2 amide bonds. The molecule has 1 saturated carbocycles. The first kappa shape index (κ1) is 33.7. The maximum atomic E-state index is 14.1. The van der Waals surface area contributed by atoms with Gasteiger partial charge in [0, 0.05) is 29.2 Å². The normalized spacial score (nSPS) is 14.3. The molecule has 0 bridgehead atoms. The lowest BCUT2D eigenvalue weighted by Crippen LogP contribution is -2.53. The van der Waals surface area contributed by atoms with E-state index in [9.17, 15) is 28.1 Å². The molecule has 11 nitrogen and oxygen atoms in total. The van der Waals surface area contributed by atoms with Crippen LogP contribution in [-0.2, 0) is 26.2 Å². The summed E-state index contributed by atoms with van der Waals surface area (Å²) in [5.41, 5.74) is 0.753. The fourth-order valence-corrected chi connectivity index (χ4v) is 6.85. The maximum absolute atomic E-state index is 14.1. The number of anilines is 1. The molecular weight excluding hydrogens is 620 g/mol. The summed E-state index contributed by atoms with van der Waals surface area (Å²) in [6.07, 6.45) is 4.85. The number of aryl methyl sites for hydroxylation is 1. The molecule has 1 aliphatic rings. The molecular formula is C32H37ClN4O7S. The molecule has 1 N–H and O–H groups in total. The summed E-state index contributed by atoms with van der Waals surface area (Å²) >= 11 is 6.07. The van der Waals surface area contributed by atoms with E-state index in [1.54, 1.807) is 43.3 Å². The van der Waals surface area contributed by atoms with Crippen LogP contribution in [0.5, 0.6) is 5.75 Å². The van der Waals surface area contributed by atoms with Crippen LogP contribution in [0.1, 0.15) is 50.2 Å². The van der Waals surface area contributed by atoms with E-state index in [-0.39, 0.29) is 40.3 Å². The number of benzene rings is 3. The zero-order valence-corrected chi connectivity index (χ0v) is 27.0. The number of carbonyl (C=O) groups excluding carboxylic acids is 2. The molecule has 1 fully saturated rings. The van der Waals surface area contributed by atoms with Crippen molar-refractivity contribution >= 4 is 44.8 Å². The zero-order valence-electron chi connectivity index (χ0n) is 25.4. The van der Waals surface area contributed by atoms with Gasteiger partial charge in [-0.15, -0.1) is 0 Å². The van der Waals surface area contributed by atoms with Gasteiger partial charge in [0.2, 0.25) is 11.8 Å². The van der Waals surface area contributed by atoms with Gasteiger partial charge in [0.05, 0.1) is 22.6 Å². The number of sulfonamides is 1. The van der Waals surface area contributed by atoms with Crippen LogP contribution >= 0.6 is 11.6 Å². The van der Waals surface area contributed by atoms with Gasteiger partial charge in [-0.1, -0.05) is 49.1 Å². The van der Waals surface area contributed by atoms with Crippen molar-refractivity contribution in [2.75, 3.05) is 18.0 Å². The third-order valence-corrected chi connectivity index (χ3v) is 10.0. The molecule has 240 valence electrons. The minimum absolute atomic E-state index is 0.00897.